The average Bonchev–Trinajstić information content (AvgIpc) is 3.35. The molecule has 0 radical (unpaired) electrons. The normalized spacial score (nSPS) is 22.9. The summed E-state index contributed by atoms with van der Waals surface area (Å²) in [5.41, 5.74) is 5.74. The highest BCUT2D eigenvalue weighted by molar-refractivity contribution is 7.91. The van der Waals surface area contributed by atoms with Crippen LogP contribution in [0.5, 0.6) is 5.88 Å². The summed E-state index contributed by atoms with van der Waals surface area (Å²) in [5, 5.41) is 13.0. The lowest BCUT2D eigenvalue weighted by Gasteiger charge is -2.31. The largest absolute Gasteiger partial charge is 0.469 e. The molecule has 30 heavy (non-hydrogen) atoms. The molecule has 3 N–H and O–H groups in total. The number of nitrogens with one attached hydrogen (secondary N) is 1. The molecule has 1 aromatic heterocycles. The molecule has 2 unspecified atom stereocenters. The minimum atomic E-state index is -3.52. The molecule has 1 aromatic carbocycles. The fourth-order valence-corrected chi connectivity index (χ4v) is 5.76. The maximum atomic E-state index is 13.1. The Hall–Kier alpha value is -2.43. The zero-order chi connectivity index (χ0) is 21.0. The molecule has 2 aromatic rings. The number of carbonyl (C=O) groups excluding carboxylic acids is 1. The minimum absolute atomic E-state index is 0.121. The number of nitrogens with zero attached hydrogens (tertiary/aromatic N) is 3. The van der Waals surface area contributed by atoms with Gasteiger partial charge in [0.1, 0.15) is 11.0 Å². The Balaban J connectivity index is 1.44. The summed E-state index contributed by atoms with van der Waals surface area (Å²) >= 11 is 0. The molecular formula is C20H25N5O4S. The number of rotatable bonds is 4. The number of fused-ring (bicyclic) bond motifs is 3. The Labute approximate surface area is 175 Å². The summed E-state index contributed by atoms with van der Waals surface area (Å²) in [5.74, 6) is 0.660. The number of amides is 2. The Kier molecular flexibility index (Phi) is 4.60. The van der Waals surface area contributed by atoms with Crippen molar-refractivity contribution in [3.63, 3.8) is 0 Å². The van der Waals surface area contributed by atoms with E-state index in [1.807, 2.05) is 0 Å². The van der Waals surface area contributed by atoms with Crippen molar-refractivity contribution in [3.8, 4) is 5.88 Å². The van der Waals surface area contributed by atoms with Crippen molar-refractivity contribution in [2.45, 2.75) is 56.1 Å². The van der Waals surface area contributed by atoms with Gasteiger partial charge >= 0.3 is 6.03 Å². The predicted molar refractivity (Wildman–Crippen MR) is 111 cm³/mol. The van der Waals surface area contributed by atoms with E-state index >= 15 is 0 Å². The first-order valence-electron chi connectivity index (χ1n) is 10.1. The fourth-order valence-electron chi connectivity index (χ4n) is 4.77. The molecular weight excluding hydrogens is 406 g/mol. The third kappa shape index (κ3) is 3.10. The molecule has 3 aliphatic rings. The van der Waals surface area contributed by atoms with E-state index in [1.165, 1.54) is 28.5 Å². The number of aryl methyl sites for hydroxylation is 1. The van der Waals surface area contributed by atoms with Gasteiger partial charge in [-0.2, -0.15) is 5.10 Å². The van der Waals surface area contributed by atoms with E-state index in [0.29, 0.717) is 19.1 Å². The van der Waals surface area contributed by atoms with Crippen LogP contribution in [-0.2, 0) is 40.5 Å². The van der Waals surface area contributed by atoms with Gasteiger partial charge in [0.25, 0.3) is 0 Å². The van der Waals surface area contributed by atoms with E-state index in [4.69, 9.17) is 14.6 Å². The van der Waals surface area contributed by atoms with Crippen molar-refractivity contribution in [3.05, 3.63) is 34.5 Å². The third-order valence-electron chi connectivity index (χ3n) is 6.08. The first-order chi connectivity index (χ1) is 14.4. The summed E-state index contributed by atoms with van der Waals surface area (Å²) in [7, 11) is -1.94. The van der Waals surface area contributed by atoms with Gasteiger partial charge in [-0.15, -0.1) is 4.36 Å². The topological polar surface area (TPSA) is 121 Å². The molecule has 10 heteroatoms. The lowest BCUT2D eigenvalue weighted by molar-refractivity contribution is 0.0920. The van der Waals surface area contributed by atoms with Crippen LogP contribution in [0.4, 0.5) is 10.5 Å². The summed E-state index contributed by atoms with van der Waals surface area (Å²) in [6, 6.07) is 1.55. The number of methoxy groups -OCH3 is 1. The summed E-state index contributed by atoms with van der Waals surface area (Å²) < 4.78 is 29.4. The number of nitrogens with two attached hydrogens (primary N) is 1. The zero-order valence-corrected chi connectivity index (χ0v) is 17.8. The number of benzene rings is 1. The zero-order valence-electron chi connectivity index (χ0n) is 17.0. The first-order valence-corrected chi connectivity index (χ1v) is 11.7. The van der Waals surface area contributed by atoms with E-state index in [2.05, 4.69) is 27.8 Å². The van der Waals surface area contributed by atoms with Gasteiger partial charge in [-0.05, 0) is 53.9 Å². The molecule has 0 bridgehead atoms. The van der Waals surface area contributed by atoms with Gasteiger partial charge in [0.2, 0.25) is 5.88 Å². The number of urea groups is 1. The maximum absolute atomic E-state index is 13.1. The second kappa shape index (κ2) is 7.07. The van der Waals surface area contributed by atoms with Crippen LogP contribution >= 0.6 is 0 Å². The lowest BCUT2D eigenvalue weighted by Crippen LogP contribution is -2.23. The van der Waals surface area contributed by atoms with Crippen molar-refractivity contribution < 1.29 is 18.5 Å². The van der Waals surface area contributed by atoms with Crippen molar-refractivity contribution in [1.82, 2.24) is 9.78 Å². The smallest absolute Gasteiger partial charge is 0.354 e. The van der Waals surface area contributed by atoms with Gasteiger partial charge in [-0.25, -0.2) is 18.8 Å². The molecule has 9 nitrogen and oxygen atoms in total. The average molecular weight is 432 g/mol. The number of carbonyl (C=O) groups is 1. The first kappa shape index (κ1) is 19.5. The van der Waals surface area contributed by atoms with E-state index in [9.17, 15) is 9.00 Å². The quantitative estimate of drug-likeness (QED) is 0.770. The molecule has 0 fully saturated rings. The predicted octanol–water partition coefficient (Wildman–Crippen LogP) is 2.37. The van der Waals surface area contributed by atoms with Gasteiger partial charge in [0.05, 0.1) is 19.3 Å². The Morgan fingerprint density at radius 1 is 1.47 bits per heavy atom. The molecule has 3 atom stereocenters. The van der Waals surface area contributed by atoms with Crippen LogP contribution in [0.15, 0.2) is 21.5 Å². The van der Waals surface area contributed by atoms with E-state index in [-0.39, 0.29) is 16.9 Å². The number of aromatic nitrogens is 2. The van der Waals surface area contributed by atoms with Crippen LogP contribution in [0.1, 0.15) is 41.5 Å². The molecule has 2 amide bonds. The maximum Gasteiger partial charge on any atom is 0.354 e. The minimum Gasteiger partial charge on any atom is -0.469 e. The van der Waals surface area contributed by atoms with Crippen LogP contribution in [0, 0.1) is 0 Å². The van der Waals surface area contributed by atoms with E-state index in [0.717, 1.165) is 31.4 Å². The van der Waals surface area contributed by atoms with E-state index in [1.54, 1.807) is 11.8 Å². The number of ether oxygens (including phenoxy) is 2. The summed E-state index contributed by atoms with van der Waals surface area (Å²) in [4.78, 5) is 12.9. The Morgan fingerprint density at radius 3 is 3.07 bits per heavy atom. The highest BCUT2D eigenvalue weighted by Gasteiger charge is 2.33. The number of hydrogen-bond donors (Lipinski definition) is 2. The molecule has 5 rings (SSSR count). The fraction of sp³-hybridized carbons (Fsp3) is 0.500. The van der Waals surface area contributed by atoms with Crippen molar-refractivity contribution in [1.29, 1.82) is 0 Å². The summed E-state index contributed by atoms with van der Waals surface area (Å²) in [6.07, 6.45) is 5.14. The summed E-state index contributed by atoms with van der Waals surface area (Å²) in [6.45, 7) is 2.98. The van der Waals surface area contributed by atoms with Gasteiger partial charge < -0.3 is 14.8 Å². The number of hydrogen-bond acceptors (Lipinski definition) is 5. The van der Waals surface area contributed by atoms with Gasteiger partial charge in [0.15, 0.2) is 9.92 Å². The number of anilines is 1. The standard InChI is InChI=1S/C20H25N5O4S/c1-11-6-13-7-12-4-3-5-15(12)18(17(11)13)23-20(26)24-30(21,27)16-8-22-25-9-14(10-28-2)29-19(16)25/h7-8,11,14H,3-6,9-10H2,1-2H3,(H3,21,23,24,26,27)/t11-,14?,30?/m0/s1. The molecule has 2 heterocycles. The van der Waals surface area contributed by atoms with Crippen LogP contribution in [0.25, 0.3) is 0 Å². The SMILES string of the molecule is COCC1Cn2ncc(S(N)(=O)=NC(=O)Nc3c4c(cc5c3[C@@H](C)C5)CCC4)c2O1. The van der Waals surface area contributed by atoms with Crippen molar-refractivity contribution in [2.75, 3.05) is 19.0 Å². The highest BCUT2D eigenvalue weighted by Crippen LogP contribution is 2.45. The van der Waals surface area contributed by atoms with Crippen LogP contribution < -0.4 is 15.2 Å². The van der Waals surface area contributed by atoms with Gasteiger partial charge in [-0.1, -0.05) is 13.0 Å². The van der Waals surface area contributed by atoms with Crippen LogP contribution in [0.3, 0.4) is 0 Å². The van der Waals surface area contributed by atoms with Crippen LogP contribution in [-0.4, -0.2) is 39.8 Å². The third-order valence-corrected chi connectivity index (χ3v) is 7.42. The second-order valence-electron chi connectivity index (χ2n) is 8.20. The van der Waals surface area contributed by atoms with Gasteiger partial charge in [-0.3, -0.25) is 0 Å². The highest BCUT2D eigenvalue weighted by atomic mass is 32.2. The second-order valence-corrected chi connectivity index (χ2v) is 9.96. The monoisotopic (exact) mass is 431 g/mol. The lowest BCUT2D eigenvalue weighted by atomic mass is 9.75. The molecule has 0 saturated heterocycles. The van der Waals surface area contributed by atoms with Crippen molar-refractivity contribution in [2.24, 2.45) is 9.50 Å². The van der Waals surface area contributed by atoms with E-state index < -0.39 is 15.9 Å². The van der Waals surface area contributed by atoms with Crippen molar-refractivity contribution >= 4 is 21.6 Å². The molecule has 0 saturated carbocycles. The molecule has 1 aliphatic heterocycles. The molecule has 2 aliphatic carbocycles. The molecule has 0 spiro atoms. The Morgan fingerprint density at radius 2 is 2.30 bits per heavy atom. The van der Waals surface area contributed by atoms with Crippen LogP contribution in [0.2, 0.25) is 0 Å². The Bertz CT molecular complexity index is 1160. The van der Waals surface area contributed by atoms with Gasteiger partial charge in [0, 0.05) is 12.8 Å². The molecule has 160 valence electrons.